The molecule has 0 aliphatic carbocycles. The highest BCUT2D eigenvalue weighted by molar-refractivity contribution is 7.08. The van der Waals surface area contributed by atoms with Crippen LogP contribution in [0, 0.1) is 0 Å². The molecule has 0 spiro atoms. The Labute approximate surface area is 168 Å². The summed E-state index contributed by atoms with van der Waals surface area (Å²) in [6.07, 6.45) is 2.24. The Morgan fingerprint density at radius 3 is 1.96 bits per heavy atom. The largest absolute Gasteiger partial charge is 0.493 e. The van der Waals surface area contributed by atoms with Crippen LogP contribution >= 0.6 is 22.7 Å². The van der Waals surface area contributed by atoms with Crippen molar-refractivity contribution in [1.82, 2.24) is 5.32 Å². The van der Waals surface area contributed by atoms with Crippen LogP contribution in [0.2, 0.25) is 0 Å². The van der Waals surface area contributed by atoms with Gasteiger partial charge >= 0.3 is 0 Å². The third kappa shape index (κ3) is 4.71. The van der Waals surface area contributed by atoms with Crippen LogP contribution in [-0.2, 0) is 6.54 Å². The lowest BCUT2D eigenvalue weighted by Crippen LogP contribution is -2.13. The van der Waals surface area contributed by atoms with Gasteiger partial charge in [-0.2, -0.15) is 22.7 Å². The molecule has 142 valence electrons. The van der Waals surface area contributed by atoms with Crippen molar-refractivity contribution in [3.8, 4) is 17.2 Å². The van der Waals surface area contributed by atoms with Gasteiger partial charge in [0.05, 0.1) is 21.3 Å². The van der Waals surface area contributed by atoms with Crippen LogP contribution in [0.1, 0.15) is 16.7 Å². The average molecular weight is 402 g/mol. The van der Waals surface area contributed by atoms with E-state index in [9.17, 15) is 0 Å². The first-order chi connectivity index (χ1) is 13.3. The Bertz CT molecular complexity index is 810. The van der Waals surface area contributed by atoms with Gasteiger partial charge in [-0.15, -0.1) is 0 Å². The van der Waals surface area contributed by atoms with E-state index in [4.69, 9.17) is 14.2 Å². The Balaban J connectivity index is 1.71. The predicted molar refractivity (Wildman–Crippen MR) is 114 cm³/mol. The number of hydrogen-bond donors (Lipinski definition) is 1. The molecule has 3 rings (SSSR count). The molecule has 1 N–H and O–H groups in total. The summed E-state index contributed by atoms with van der Waals surface area (Å²) >= 11 is 3.43. The fourth-order valence-electron chi connectivity index (χ4n) is 2.87. The standard InChI is InChI=1S/C21H23NO3S2/c1-23-19-10-15(11-20(24-2)21(19)25-3)12-22-7-4-18(16-5-8-26-13-16)17-6-9-27-14-17/h4-6,8-11,13-14,22H,7,12H2,1-3H3. The first-order valence-electron chi connectivity index (χ1n) is 8.51. The first-order valence-corrected chi connectivity index (χ1v) is 10.4. The number of methoxy groups -OCH3 is 3. The molecular formula is C21H23NO3S2. The molecule has 2 heterocycles. The SMILES string of the molecule is COc1cc(CNCC=C(c2ccsc2)c2ccsc2)cc(OC)c1OC. The number of nitrogens with one attached hydrogen (secondary N) is 1. The van der Waals surface area contributed by atoms with Gasteiger partial charge in [0.1, 0.15) is 0 Å². The number of benzene rings is 1. The van der Waals surface area contributed by atoms with Crippen molar-refractivity contribution in [2.24, 2.45) is 0 Å². The van der Waals surface area contributed by atoms with Gasteiger partial charge < -0.3 is 19.5 Å². The highest BCUT2D eigenvalue weighted by atomic mass is 32.1. The van der Waals surface area contributed by atoms with Crippen molar-refractivity contribution in [3.63, 3.8) is 0 Å². The molecule has 0 fully saturated rings. The van der Waals surface area contributed by atoms with Gasteiger partial charge in [-0.25, -0.2) is 0 Å². The second-order valence-corrected chi connectivity index (χ2v) is 7.37. The molecular weight excluding hydrogens is 378 g/mol. The van der Waals surface area contributed by atoms with Crippen molar-refractivity contribution in [3.05, 3.63) is 68.6 Å². The first kappa shape index (κ1) is 19.5. The maximum absolute atomic E-state index is 5.42. The van der Waals surface area contributed by atoms with Gasteiger partial charge in [-0.3, -0.25) is 0 Å². The summed E-state index contributed by atoms with van der Waals surface area (Å²) in [5, 5.41) is 12.1. The summed E-state index contributed by atoms with van der Waals surface area (Å²) in [6, 6.07) is 8.26. The lowest BCUT2D eigenvalue weighted by Gasteiger charge is -2.14. The van der Waals surface area contributed by atoms with E-state index in [1.165, 1.54) is 16.7 Å². The fourth-order valence-corrected chi connectivity index (χ4v) is 4.18. The summed E-state index contributed by atoms with van der Waals surface area (Å²) in [6.45, 7) is 1.46. The Kier molecular flexibility index (Phi) is 6.92. The van der Waals surface area contributed by atoms with E-state index >= 15 is 0 Å². The number of ether oxygens (including phenoxy) is 3. The van der Waals surface area contributed by atoms with E-state index in [1.807, 2.05) is 12.1 Å². The third-order valence-corrected chi connectivity index (χ3v) is 5.53. The molecule has 4 nitrogen and oxygen atoms in total. The van der Waals surface area contributed by atoms with Gasteiger partial charge in [-0.05, 0) is 68.0 Å². The molecule has 3 aromatic rings. The Hall–Kier alpha value is -2.28. The van der Waals surface area contributed by atoms with E-state index in [0.29, 0.717) is 23.8 Å². The predicted octanol–water partition coefficient (Wildman–Crippen LogP) is 5.06. The molecule has 0 amide bonds. The summed E-state index contributed by atoms with van der Waals surface area (Å²) < 4.78 is 16.2. The molecule has 0 bridgehead atoms. The Morgan fingerprint density at radius 2 is 1.52 bits per heavy atom. The van der Waals surface area contributed by atoms with E-state index in [-0.39, 0.29) is 0 Å². The van der Waals surface area contributed by atoms with E-state index < -0.39 is 0 Å². The number of thiophene rings is 2. The minimum atomic E-state index is 0.612. The van der Waals surface area contributed by atoms with Gasteiger partial charge in [0.25, 0.3) is 0 Å². The van der Waals surface area contributed by atoms with Crippen LogP contribution in [0.5, 0.6) is 17.2 Å². The normalized spacial score (nSPS) is 10.5. The maximum Gasteiger partial charge on any atom is 0.203 e. The maximum atomic E-state index is 5.42. The summed E-state index contributed by atoms with van der Waals surface area (Å²) in [7, 11) is 4.87. The minimum absolute atomic E-state index is 0.612. The molecule has 0 saturated heterocycles. The van der Waals surface area contributed by atoms with Crippen molar-refractivity contribution in [1.29, 1.82) is 0 Å². The van der Waals surface area contributed by atoms with Gasteiger partial charge in [0.15, 0.2) is 11.5 Å². The summed E-state index contributed by atoms with van der Waals surface area (Å²) in [5.41, 5.74) is 4.85. The van der Waals surface area contributed by atoms with Crippen molar-refractivity contribution in [2.45, 2.75) is 6.54 Å². The molecule has 27 heavy (non-hydrogen) atoms. The van der Waals surface area contributed by atoms with E-state index in [0.717, 1.165) is 12.1 Å². The van der Waals surface area contributed by atoms with Crippen LogP contribution in [0.4, 0.5) is 0 Å². The smallest absolute Gasteiger partial charge is 0.203 e. The highest BCUT2D eigenvalue weighted by Crippen LogP contribution is 2.38. The summed E-state index contributed by atoms with van der Waals surface area (Å²) in [5.74, 6) is 1.95. The molecule has 1 aromatic carbocycles. The topological polar surface area (TPSA) is 39.7 Å². The minimum Gasteiger partial charge on any atom is -0.493 e. The van der Waals surface area contributed by atoms with Crippen molar-refractivity contribution < 1.29 is 14.2 Å². The number of hydrogen-bond acceptors (Lipinski definition) is 6. The third-order valence-electron chi connectivity index (χ3n) is 4.17. The Morgan fingerprint density at radius 1 is 0.926 bits per heavy atom. The van der Waals surface area contributed by atoms with Gasteiger partial charge in [0.2, 0.25) is 5.75 Å². The molecule has 0 atom stereocenters. The van der Waals surface area contributed by atoms with Crippen molar-refractivity contribution >= 4 is 28.2 Å². The zero-order chi connectivity index (χ0) is 19.1. The van der Waals surface area contributed by atoms with Gasteiger partial charge in [0, 0.05) is 13.1 Å². The van der Waals surface area contributed by atoms with Crippen LogP contribution in [0.15, 0.2) is 51.9 Å². The van der Waals surface area contributed by atoms with E-state index in [1.54, 1.807) is 44.0 Å². The second-order valence-electron chi connectivity index (χ2n) is 5.81. The zero-order valence-electron chi connectivity index (χ0n) is 15.7. The second kappa shape index (κ2) is 9.60. The molecule has 6 heteroatoms. The lowest BCUT2D eigenvalue weighted by atomic mass is 10.0. The van der Waals surface area contributed by atoms with E-state index in [2.05, 4.69) is 45.0 Å². The van der Waals surface area contributed by atoms with Crippen LogP contribution in [-0.4, -0.2) is 27.9 Å². The molecule has 2 aromatic heterocycles. The molecule has 0 saturated carbocycles. The molecule has 0 aliphatic heterocycles. The van der Waals surface area contributed by atoms with Gasteiger partial charge in [-0.1, -0.05) is 6.08 Å². The highest BCUT2D eigenvalue weighted by Gasteiger charge is 2.13. The summed E-state index contributed by atoms with van der Waals surface area (Å²) in [4.78, 5) is 0. The van der Waals surface area contributed by atoms with Crippen molar-refractivity contribution in [2.75, 3.05) is 27.9 Å². The monoisotopic (exact) mass is 401 g/mol. The van der Waals surface area contributed by atoms with Crippen LogP contribution in [0.3, 0.4) is 0 Å². The van der Waals surface area contributed by atoms with Crippen LogP contribution < -0.4 is 19.5 Å². The zero-order valence-corrected chi connectivity index (χ0v) is 17.3. The lowest BCUT2D eigenvalue weighted by molar-refractivity contribution is 0.323. The quantitative estimate of drug-likeness (QED) is 0.509. The molecule has 0 unspecified atom stereocenters. The average Bonchev–Trinajstić information content (AvgIpc) is 3.41. The molecule has 0 aliphatic rings. The molecule has 0 radical (unpaired) electrons. The fraction of sp³-hybridized carbons (Fsp3) is 0.238. The number of rotatable bonds is 9. The van der Waals surface area contributed by atoms with Crippen LogP contribution in [0.25, 0.3) is 5.57 Å².